The maximum absolute atomic E-state index is 13.1. The van der Waals surface area contributed by atoms with Gasteiger partial charge < -0.3 is 10.1 Å². The molecule has 2 aromatic carbocycles. The first-order valence-electron chi connectivity index (χ1n) is 12.9. The summed E-state index contributed by atoms with van der Waals surface area (Å²) in [5.41, 5.74) is -0.182. The van der Waals surface area contributed by atoms with Crippen molar-refractivity contribution in [2.75, 3.05) is 6.61 Å². The van der Waals surface area contributed by atoms with E-state index in [4.69, 9.17) is 16.5 Å². The van der Waals surface area contributed by atoms with Crippen LogP contribution < -0.4 is 14.9 Å². The second-order valence-corrected chi connectivity index (χ2v) is 12.1. The van der Waals surface area contributed by atoms with Crippen molar-refractivity contribution in [2.24, 2.45) is 11.8 Å². The highest BCUT2D eigenvalue weighted by Gasteiger charge is 2.33. The van der Waals surface area contributed by atoms with Gasteiger partial charge >= 0.3 is 12.1 Å². The summed E-state index contributed by atoms with van der Waals surface area (Å²) < 4.78 is 71.8. The normalized spacial score (nSPS) is 19.6. The molecule has 1 fully saturated rings. The number of nitrogens with one attached hydrogen (secondary N) is 3. The van der Waals surface area contributed by atoms with E-state index in [1.807, 2.05) is 44.2 Å². The van der Waals surface area contributed by atoms with E-state index >= 15 is 0 Å². The summed E-state index contributed by atoms with van der Waals surface area (Å²) in [4.78, 5) is 27.8. The molecule has 0 heterocycles. The molecule has 0 spiro atoms. The molecule has 2 aromatic rings. The standard InChI is InChI=1S/C27H33ClF3N3O5S/c1-17(2)24(33-28)26(36)39-16-23(18-6-4-3-5-7-18)32-25(35)19-8-12-21(13-9-19)34-40(37,38)22-14-10-20(11-15-22)27(29,30)31/h3-7,10-11,14-15,17,19,21,23-24,33-34H,8-9,12-13,16H2,1-2H3,(H,32,35)/t19?,21?,23-,24+/m1/s1. The fourth-order valence-corrected chi connectivity index (χ4v) is 6.12. The first kappa shape index (κ1) is 31.9. The molecule has 3 N–H and O–H groups in total. The molecule has 3 rings (SSSR count). The van der Waals surface area contributed by atoms with Crippen molar-refractivity contribution in [1.29, 1.82) is 0 Å². The van der Waals surface area contributed by atoms with Crippen LogP contribution in [0.3, 0.4) is 0 Å². The second kappa shape index (κ2) is 13.8. The first-order chi connectivity index (χ1) is 18.8. The SMILES string of the molecule is CC(C)[C@H](NCl)C(=O)OC[C@@H](NC(=O)C1CCC(NS(=O)(=O)c2ccc(C(F)(F)F)cc2)CC1)c1ccccc1. The van der Waals surface area contributed by atoms with Gasteiger partial charge in [0.15, 0.2) is 0 Å². The Hall–Kier alpha value is -2.67. The quantitative estimate of drug-likeness (QED) is 0.253. The summed E-state index contributed by atoms with van der Waals surface area (Å²) in [7, 11) is -4.03. The number of amides is 1. The van der Waals surface area contributed by atoms with Gasteiger partial charge in [-0.05, 0) is 73.2 Å². The van der Waals surface area contributed by atoms with Crippen LogP contribution in [0.25, 0.3) is 0 Å². The molecule has 0 bridgehead atoms. The number of carbonyl (C=O) groups excluding carboxylic acids is 2. The molecule has 1 aliphatic carbocycles. The monoisotopic (exact) mass is 603 g/mol. The first-order valence-corrected chi connectivity index (χ1v) is 14.8. The molecule has 1 saturated carbocycles. The molecule has 1 aliphatic rings. The van der Waals surface area contributed by atoms with Gasteiger partial charge in [-0.1, -0.05) is 44.2 Å². The average molecular weight is 604 g/mol. The van der Waals surface area contributed by atoms with Crippen LogP contribution >= 0.6 is 11.8 Å². The summed E-state index contributed by atoms with van der Waals surface area (Å²) >= 11 is 5.68. The van der Waals surface area contributed by atoms with Crippen LogP contribution in [0, 0.1) is 11.8 Å². The van der Waals surface area contributed by atoms with E-state index in [1.54, 1.807) is 0 Å². The largest absolute Gasteiger partial charge is 0.462 e. The number of sulfonamides is 1. The molecule has 220 valence electrons. The Bertz CT molecular complexity index is 1240. The van der Waals surface area contributed by atoms with Gasteiger partial charge in [0.1, 0.15) is 12.6 Å². The predicted molar refractivity (Wildman–Crippen MR) is 143 cm³/mol. The Labute approximate surface area is 237 Å². The zero-order valence-electron chi connectivity index (χ0n) is 22.1. The van der Waals surface area contributed by atoms with Crippen LogP contribution in [-0.4, -0.2) is 39.0 Å². The van der Waals surface area contributed by atoms with E-state index < -0.39 is 45.9 Å². The van der Waals surface area contributed by atoms with Crippen LogP contribution in [0.15, 0.2) is 59.5 Å². The molecule has 1 amide bonds. The fraction of sp³-hybridized carbons (Fsp3) is 0.481. The fourth-order valence-electron chi connectivity index (χ4n) is 4.48. The van der Waals surface area contributed by atoms with Crippen LogP contribution in [0.2, 0.25) is 0 Å². The lowest BCUT2D eigenvalue weighted by atomic mass is 9.85. The number of ether oxygens (including phenoxy) is 1. The number of benzene rings is 2. The molecule has 0 saturated heterocycles. The van der Waals surface area contributed by atoms with Crippen LogP contribution in [0.1, 0.15) is 56.7 Å². The summed E-state index contributed by atoms with van der Waals surface area (Å²) in [5, 5.41) is 2.95. The molecule has 2 atom stereocenters. The third-order valence-electron chi connectivity index (χ3n) is 6.86. The van der Waals surface area contributed by atoms with Crippen molar-refractivity contribution in [2.45, 2.75) is 68.7 Å². The summed E-state index contributed by atoms with van der Waals surface area (Å²) in [6.45, 7) is 3.54. The lowest BCUT2D eigenvalue weighted by molar-refractivity contribution is -0.148. The van der Waals surface area contributed by atoms with E-state index in [-0.39, 0.29) is 29.2 Å². The van der Waals surface area contributed by atoms with Crippen molar-refractivity contribution in [1.82, 2.24) is 14.9 Å². The third-order valence-corrected chi connectivity index (χ3v) is 8.63. The predicted octanol–water partition coefficient (Wildman–Crippen LogP) is 4.71. The highest BCUT2D eigenvalue weighted by Crippen LogP contribution is 2.30. The van der Waals surface area contributed by atoms with Crippen LogP contribution in [-0.2, 0) is 30.5 Å². The summed E-state index contributed by atoms with van der Waals surface area (Å²) in [6, 6.07) is 10.6. The Balaban J connectivity index is 1.58. The highest BCUT2D eigenvalue weighted by molar-refractivity contribution is 7.89. The van der Waals surface area contributed by atoms with E-state index in [1.165, 1.54) is 0 Å². The zero-order valence-corrected chi connectivity index (χ0v) is 23.7. The lowest BCUT2D eigenvalue weighted by Crippen LogP contribution is -2.43. The smallest absolute Gasteiger partial charge is 0.416 e. The van der Waals surface area contributed by atoms with Gasteiger partial charge in [0.2, 0.25) is 15.9 Å². The second-order valence-electron chi connectivity index (χ2n) is 10.1. The van der Waals surface area contributed by atoms with Crippen molar-refractivity contribution in [3.63, 3.8) is 0 Å². The number of esters is 1. The van der Waals surface area contributed by atoms with E-state index in [0.717, 1.165) is 29.8 Å². The number of hydrogen-bond donors (Lipinski definition) is 3. The molecule has 13 heteroatoms. The molecule has 0 unspecified atom stereocenters. The van der Waals surface area contributed by atoms with Crippen molar-refractivity contribution >= 4 is 33.7 Å². The average Bonchev–Trinajstić information content (AvgIpc) is 2.91. The maximum atomic E-state index is 13.1. The van der Waals surface area contributed by atoms with E-state index in [2.05, 4.69) is 14.9 Å². The minimum absolute atomic E-state index is 0.0986. The molecule has 0 aliphatic heterocycles. The molecular formula is C27H33ClF3N3O5S. The van der Waals surface area contributed by atoms with E-state index in [0.29, 0.717) is 25.7 Å². The number of rotatable bonds is 11. The Morgan fingerprint density at radius 3 is 2.12 bits per heavy atom. The molecule has 0 aromatic heterocycles. The molecule has 8 nitrogen and oxygen atoms in total. The van der Waals surface area contributed by atoms with Gasteiger partial charge in [-0.2, -0.15) is 13.2 Å². The van der Waals surface area contributed by atoms with Crippen LogP contribution in [0.5, 0.6) is 0 Å². The Morgan fingerprint density at radius 1 is 1.00 bits per heavy atom. The maximum Gasteiger partial charge on any atom is 0.416 e. The number of halogens is 4. The summed E-state index contributed by atoms with van der Waals surface area (Å²) in [5.74, 6) is -1.28. The Kier molecular flexibility index (Phi) is 11.0. The van der Waals surface area contributed by atoms with Gasteiger partial charge in [-0.15, -0.1) is 0 Å². The number of carbonyl (C=O) groups is 2. The molecular weight excluding hydrogens is 571 g/mol. The minimum Gasteiger partial charge on any atom is -0.462 e. The third kappa shape index (κ3) is 8.66. The summed E-state index contributed by atoms with van der Waals surface area (Å²) in [6.07, 6.45) is -3.01. The number of alkyl halides is 3. The topological polar surface area (TPSA) is 114 Å². The highest BCUT2D eigenvalue weighted by atomic mass is 35.5. The van der Waals surface area contributed by atoms with Gasteiger partial charge in [-0.25, -0.2) is 18.0 Å². The molecule has 40 heavy (non-hydrogen) atoms. The van der Waals surface area contributed by atoms with Crippen molar-refractivity contribution < 1.29 is 35.9 Å². The van der Waals surface area contributed by atoms with Crippen LogP contribution in [0.4, 0.5) is 13.2 Å². The lowest BCUT2D eigenvalue weighted by Gasteiger charge is -2.30. The van der Waals surface area contributed by atoms with Crippen molar-refractivity contribution in [3.05, 3.63) is 65.7 Å². The van der Waals surface area contributed by atoms with E-state index in [9.17, 15) is 31.2 Å². The van der Waals surface area contributed by atoms with Gasteiger partial charge in [0.05, 0.1) is 16.5 Å². The number of hydrogen-bond acceptors (Lipinski definition) is 6. The van der Waals surface area contributed by atoms with Gasteiger partial charge in [0, 0.05) is 12.0 Å². The Morgan fingerprint density at radius 2 is 1.60 bits per heavy atom. The minimum atomic E-state index is -4.56. The van der Waals surface area contributed by atoms with Gasteiger partial charge in [-0.3, -0.25) is 9.59 Å². The van der Waals surface area contributed by atoms with Gasteiger partial charge in [0.25, 0.3) is 0 Å². The molecule has 0 radical (unpaired) electrons. The zero-order chi connectivity index (χ0) is 29.5. The van der Waals surface area contributed by atoms with Crippen molar-refractivity contribution in [3.8, 4) is 0 Å².